The highest BCUT2D eigenvalue weighted by Crippen LogP contribution is 2.27. The maximum Gasteiger partial charge on any atom is 0.311 e. The molecule has 146 valence electrons. The molecule has 28 heavy (non-hydrogen) atoms. The van der Waals surface area contributed by atoms with Gasteiger partial charge >= 0.3 is 5.97 Å². The van der Waals surface area contributed by atoms with Crippen molar-refractivity contribution in [1.29, 1.82) is 0 Å². The summed E-state index contributed by atoms with van der Waals surface area (Å²) in [5.74, 6) is -1.04. The molecular weight excluding hydrogens is 360 g/mol. The van der Waals surface area contributed by atoms with E-state index in [-0.39, 0.29) is 25.5 Å². The number of ether oxygens (including phenoxy) is 2. The molecule has 0 unspecified atom stereocenters. The van der Waals surface area contributed by atoms with Crippen LogP contribution < -0.4 is 15.0 Å². The zero-order valence-corrected chi connectivity index (χ0v) is 15.8. The minimum atomic E-state index is -0.596. The molecule has 1 heterocycles. The number of benzene rings is 2. The van der Waals surface area contributed by atoms with Gasteiger partial charge in [-0.25, -0.2) is 0 Å². The number of carbonyl (C=O) groups is 3. The van der Waals surface area contributed by atoms with Gasteiger partial charge in [0.1, 0.15) is 5.75 Å². The van der Waals surface area contributed by atoms with Gasteiger partial charge in [0, 0.05) is 24.3 Å². The predicted octanol–water partition coefficient (Wildman–Crippen LogP) is 2.54. The number of hydrogen-bond donors (Lipinski definition) is 1. The van der Waals surface area contributed by atoms with E-state index < -0.39 is 17.8 Å². The Balaban J connectivity index is 1.52. The molecule has 0 aliphatic carbocycles. The minimum Gasteiger partial charge on any atom is -0.497 e. The molecule has 1 aliphatic heterocycles. The summed E-state index contributed by atoms with van der Waals surface area (Å²) in [6, 6.07) is 14.4. The molecule has 0 spiro atoms. The quantitative estimate of drug-likeness (QED) is 0.776. The van der Waals surface area contributed by atoms with Crippen molar-refractivity contribution in [2.24, 2.45) is 5.92 Å². The first kappa shape index (κ1) is 19.4. The lowest BCUT2D eigenvalue weighted by molar-refractivity contribution is -0.151. The fourth-order valence-corrected chi connectivity index (χ4v) is 3.05. The molecule has 1 aliphatic rings. The Morgan fingerprint density at radius 1 is 1.18 bits per heavy atom. The Morgan fingerprint density at radius 2 is 1.93 bits per heavy atom. The number of carbonyl (C=O) groups excluding carboxylic acids is 3. The number of rotatable bonds is 6. The molecule has 1 saturated heterocycles. The highest BCUT2D eigenvalue weighted by molar-refractivity contribution is 6.00. The van der Waals surface area contributed by atoms with Gasteiger partial charge in [-0.05, 0) is 48.9 Å². The molecule has 0 saturated carbocycles. The van der Waals surface area contributed by atoms with Crippen LogP contribution in [0.4, 0.5) is 11.4 Å². The van der Waals surface area contributed by atoms with Crippen LogP contribution in [-0.2, 0) is 19.1 Å². The zero-order chi connectivity index (χ0) is 20.1. The number of nitrogens with zero attached hydrogens (tertiary/aromatic N) is 1. The first-order valence-corrected chi connectivity index (χ1v) is 8.94. The lowest BCUT2D eigenvalue weighted by Crippen LogP contribution is -2.28. The molecule has 1 fully saturated rings. The molecule has 2 aromatic rings. The van der Waals surface area contributed by atoms with Crippen molar-refractivity contribution in [3.63, 3.8) is 0 Å². The van der Waals surface area contributed by atoms with E-state index in [0.29, 0.717) is 17.1 Å². The van der Waals surface area contributed by atoms with Crippen LogP contribution in [0.3, 0.4) is 0 Å². The van der Waals surface area contributed by atoms with Crippen molar-refractivity contribution in [3.05, 3.63) is 54.1 Å². The maximum absolute atomic E-state index is 12.3. The van der Waals surface area contributed by atoms with E-state index in [1.807, 2.05) is 25.1 Å². The predicted molar refractivity (Wildman–Crippen MR) is 104 cm³/mol. The molecule has 0 radical (unpaired) electrons. The van der Waals surface area contributed by atoms with Gasteiger partial charge in [-0.1, -0.05) is 12.1 Å². The molecule has 7 nitrogen and oxygen atoms in total. The van der Waals surface area contributed by atoms with Crippen LogP contribution >= 0.6 is 0 Å². The number of aryl methyl sites for hydroxylation is 1. The highest BCUT2D eigenvalue weighted by Gasteiger charge is 2.36. The summed E-state index contributed by atoms with van der Waals surface area (Å²) >= 11 is 0. The van der Waals surface area contributed by atoms with Gasteiger partial charge in [-0.2, -0.15) is 0 Å². The van der Waals surface area contributed by atoms with Crippen LogP contribution in [0.2, 0.25) is 0 Å². The van der Waals surface area contributed by atoms with Gasteiger partial charge in [0.05, 0.1) is 13.0 Å². The Hall–Kier alpha value is -3.35. The number of anilines is 2. The average molecular weight is 382 g/mol. The zero-order valence-electron chi connectivity index (χ0n) is 15.8. The van der Waals surface area contributed by atoms with Gasteiger partial charge < -0.3 is 19.7 Å². The molecule has 7 heteroatoms. The summed E-state index contributed by atoms with van der Waals surface area (Å²) in [6.07, 6.45) is 0.0599. The number of esters is 1. The molecule has 2 aromatic carbocycles. The molecule has 1 atom stereocenters. The van der Waals surface area contributed by atoms with E-state index in [1.54, 1.807) is 37.4 Å². The van der Waals surface area contributed by atoms with E-state index >= 15 is 0 Å². The fraction of sp³-hybridized carbons (Fsp3) is 0.286. The van der Waals surface area contributed by atoms with E-state index in [0.717, 1.165) is 5.56 Å². The topological polar surface area (TPSA) is 84.9 Å². The largest absolute Gasteiger partial charge is 0.497 e. The van der Waals surface area contributed by atoms with Crippen LogP contribution in [0.5, 0.6) is 5.75 Å². The summed E-state index contributed by atoms with van der Waals surface area (Å²) in [7, 11) is 1.57. The smallest absolute Gasteiger partial charge is 0.311 e. The second-order valence-electron chi connectivity index (χ2n) is 6.63. The average Bonchev–Trinajstić information content (AvgIpc) is 3.08. The third kappa shape index (κ3) is 4.68. The second kappa shape index (κ2) is 8.56. The van der Waals surface area contributed by atoms with E-state index in [1.165, 1.54) is 4.90 Å². The Labute approximate surface area is 163 Å². The van der Waals surface area contributed by atoms with Crippen LogP contribution in [0, 0.1) is 12.8 Å². The minimum absolute atomic E-state index is 0.0599. The van der Waals surface area contributed by atoms with Crippen LogP contribution in [-0.4, -0.2) is 38.0 Å². The number of amides is 2. The second-order valence-corrected chi connectivity index (χ2v) is 6.63. The standard InChI is InChI=1S/C21H22N2O5/c1-14-4-3-5-16(10-14)22-19(24)13-28-21(26)15-11-20(25)23(12-15)17-6-8-18(27-2)9-7-17/h3-10,15H,11-13H2,1-2H3,(H,22,24)/t15-/m1/s1. The third-order valence-corrected chi connectivity index (χ3v) is 4.49. The van der Waals surface area contributed by atoms with E-state index in [4.69, 9.17) is 9.47 Å². The Morgan fingerprint density at radius 3 is 2.61 bits per heavy atom. The third-order valence-electron chi connectivity index (χ3n) is 4.49. The van der Waals surface area contributed by atoms with Crippen LogP contribution in [0.1, 0.15) is 12.0 Å². The summed E-state index contributed by atoms with van der Waals surface area (Å²) in [6.45, 7) is 1.75. The number of hydrogen-bond acceptors (Lipinski definition) is 5. The van der Waals surface area contributed by atoms with E-state index in [9.17, 15) is 14.4 Å². The lowest BCUT2D eigenvalue weighted by atomic mass is 10.1. The van der Waals surface area contributed by atoms with Crippen molar-refractivity contribution in [1.82, 2.24) is 0 Å². The monoisotopic (exact) mass is 382 g/mol. The van der Waals surface area contributed by atoms with Crippen LogP contribution in [0.25, 0.3) is 0 Å². The Bertz CT molecular complexity index is 879. The molecule has 0 bridgehead atoms. The molecular formula is C21H22N2O5. The SMILES string of the molecule is COc1ccc(N2C[C@H](C(=O)OCC(=O)Nc3cccc(C)c3)CC2=O)cc1. The van der Waals surface area contributed by atoms with E-state index in [2.05, 4.69) is 5.32 Å². The van der Waals surface area contributed by atoms with Crippen LogP contribution in [0.15, 0.2) is 48.5 Å². The first-order valence-electron chi connectivity index (χ1n) is 8.94. The summed E-state index contributed by atoms with van der Waals surface area (Å²) < 4.78 is 10.2. The van der Waals surface area contributed by atoms with Crippen molar-refractivity contribution in [2.45, 2.75) is 13.3 Å². The summed E-state index contributed by atoms with van der Waals surface area (Å²) in [5.41, 5.74) is 2.35. The summed E-state index contributed by atoms with van der Waals surface area (Å²) in [4.78, 5) is 38.1. The number of methoxy groups -OCH3 is 1. The summed E-state index contributed by atoms with van der Waals surface area (Å²) in [5, 5.41) is 2.68. The maximum atomic E-state index is 12.3. The number of nitrogens with one attached hydrogen (secondary N) is 1. The normalized spacial score (nSPS) is 16.0. The van der Waals surface area contributed by atoms with Crippen molar-refractivity contribution in [2.75, 3.05) is 30.5 Å². The van der Waals surface area contributed by atoms with Gasteiger partial charge in [0.25, 0.3) is 5.91 Å². The fourth-order valence-electron chi connectivity index (χ4n) is 3.05. The van der Waals surface area contributed by atoms with Crippen molar-refractivity contribution < 1.29 is 23.9 Å². The van der Waals surface area contributed by atoms with Gasteiger partial charge in [-0.15, -0.1) is 0 Å². The molecule has 1 N–H and O–H groups in total. The Kier molecular flexibility index (Phi) is 5.93. The molecule has 3 rings (SSSR count). The highest BCUT2D eigenvalue weighted by atomic mass is 16.5. The van der Waals surface area contributed by atoms with Gasteiger partial charge in [-0.3, -0.25) is 14.4 Å². The molecule has 2 amide bonds. The van der Waals surface area contributed by atoms with Crippen molar-refractivity contribution in [3.8, 4) is 5.75 Å². The lowest BCUT2D eigenvalue weighted by Gasteiger charge is -2.16. The van der Waals surface area contributed by atoms with Gasteiger partial charge in [0.2, 0.25) is 5.91 Å². The van der Waals surface area contributed by atoms with Crippen molar-refractivity contribution >= 4 is 29.2 Å². The molecule has 0 aromatic heterocycles. The first-order chi connectivity index (χ1) is 13.5. The van der Waals surface area contributed by atoms with Gasteiger partial charge in [0.15, 0.2) is 6.61 Å².